The van der Waals surface area contributed by atoms with Gasteiger partial charge in [0.2, 0.25) is 0 Å². The molecule has 5 heteroatoms. The van der Waals surface area contributed by atoms with Crippen molar-refractivity contribution in [3.63, 3.8) is 0 Å². The molecule has 3 nitrogen and oxygen atoms in total. The van der Waals surface area contributed by atoms with Crippen LogP contribution in [0, 0.1) is 5.82 Å². The summed E-state index contributed by atoms with van der Waals surface area (Å²) in [6.07, 6.45) is 1.34. The number of benzene rings is 1. The van der Waals surface area contributed by atoms with Gasteiger partial charge in [-0.2, -0.15) is 0 Å². The third-order valence-electron chi connectivity index (χ3n) is 2.52. The summed E-state index contributed by atoms with van der Waals surface area (Å²) in [5.74, 6) is 0.141. The molecule has 1 aromatic heterocycles. The Balaban J connectivity index is 2.33. The van der Waals surface area contributed by atoms with E-state index in [2.05, 4.69) is 26.2 Å². The van der Waals surface area contributed by atoms with Crippen LogP contribution >= 0.6 is 15.9 Å². The molecule has 0 aliphatic carbocycles. The van der Waals surface area contributed by atoms with Crippen molar-refractivity contribution in [1.29, 1.82) is 0 Å². The van der Waals surface area contributed by atoms with Crippen LogP contribution in [0.15, 0.2) is 33.5 Å². The topological polar surface area (TPSA) is 38.1 Å². The molecule has 0 aliphatic heterocycles. The van der Waals surface area contributed by atoms with Crippen molar-refractivity contribution in [2.24, 2.45) is 0 Å². The molecule has 0 atom stereocenters. The van der Waals surface area contributed by atoms with Gasteiger partial charge in [0.25, 0.3) is 0 Å². The monoisotopic (exact) mass is 312 g/mol. The summed E-state index contributed by atoms with van der Waals surface area (Å²) in [4.78, 5) is 4.12. The number of oxazole rings is 1. The molecule has 18 heavy (non-hydrogen) atoms. The molecular formula is C13H14BrFN2O. The maximum Gasteiger partial charge on any atom is 0.181 e. The van der Waals surface area contributed by atoms with Gasteiger partial charge in [-0.1, -0.05) is 19.9 Å². The summed E-state index contributed by atoms with van der Waals surface area (Å²) in [5.41, 5.74) is 1.13. The highest BCUT2D eigenvalue weighted by Gasteiger charge is 2.16. The average Bonchev–Trinajstić information content (AvgIpc) is 2.78. The fourth-order valence-corrected chi connectivity index (χ4v) is 1.96. The van der Waals surface area contributed by atoms with Gasteiger partial charge in [0.1, 0.15) is 11.5 Å². The molecule has 0 unspecified atom stereocenters. The summed E-state index contributed by atoms with van der Waals surface area (Å²) in [5, 5.41) is 3.24. The molecule has 1 aromatic carbocycles. The van der Waals surface area contributed by atoms with Crippen LogP contribution in [0.3, 0.4) is 0 Å². The zero-order chi connectivity index (χ0) is 13.1. The molecule has 0 radical (unpaired) electrons. The quantitative estimate of drug-likeness (QED) is 0.934. The van der Waals surface area contributed by atoms with Crippen molar-refractivity contribution in [3.05, 3.63) is 40.6 Å². The Kier molecular flexibility index (Phi) is 4.14. The Bertz CT molecular complexity index is 540. The van der Waals surface area contributed by atoms with E-state index in [0.29, 0.717) is 34.1 Å². The molecule has 1 heterocycles. The summed E-state index contributed by atoms with van der Waals surface area (Å²) in [7, 11) is 0. The second-order valence-electron chi connectivity index (χ2n) is 4.27. The van der Waals surface area contributed by atoms with E-state index in [4.69, 9.17) is 4.42 Å². The van der Waals surface area contributed by atoms with E-state index in [1.807, 2.05) is 13.8 Å². The van der Waals surface area contributed by atoms with Gasteiger partial charge in [-0.3, -0.25) is 0 Å². The van der Waals surface area contributed by atoms with Gasteiger partial charge in [-0.15, -0.1) is 0 Å². The fourth-order valence-electron chi connectivity index (χ4n) is 1.59. The standard InChI is InChI=1S/C13H14BrFN2O/c1-8(2)16-6-11-13(18-7-17-11)9-4-3-5-10(14)12(9)15/h3-5,7-8,16H,6H2,1-2H3. The highest BCUT2D eigenvalue weighted by molar-refractivity contribution is 9.10. The lowest BCUT2D eigenvalue weighted by atomic mass is 10.1. The van der Waals surface area contributed by atoms with Crippen LogP contribution in [-0.4, -0.2) is 11.0 Å². The van der Waals surface area contributed by atoms with Crippen LogP contribution in [0.5, 0.6) is 0 Å². The Morgan fingerprint density at radius 3 is 2.94 bits per heavy atom. The van der Waals surface area contributed by atoms with Crippen molar-refractivity contribution in [2.45, 2.75) is 26.4 Å². The van der Waals surface area contributed by atoms with Crippen LogP contribution in [-0.2, 0) is 6.54 Å². The first-order chi connectivity index (χ1) is 8.59. The number of rotatable bonds is 4. The number of halogens is 2. The first kappa shape index (κ1) is 13.2. The van der Waals surface area contributed by atoms with Crippen molar-refractivity contribution in [2.75, 3.05) is 0 Å². The van der Waals surface area contributed by atoms with Crippen LogP contribution in [0.4, 0.5) is 4.39 Å². The zero-order valence-corrected chi connectivity index (χ0v) is 11.8. The molecule has 0 saturated carbocycles. The molecule has 2 aromatic rings. The van der Waals surface area contributed by atoms with Crippen molar-refractivity contribution < 1.29 is 8.81 Å². The van der Waals surface area contributed by atoms with Gasteiger partial charge < -0.3 is 9.73 Å². The highest BCUT2D eigenvalue weighted by atomic mass is 79.9. The molecule has 96 valence electrons. The smallest absolute Gasteiger partial charge is 0.181 e. The Morgan fingerprint density at radius 2 is 2.22 bits per heavy atom. The highest BCUT2D eigenvalue weighted by Crippen LogP contribution is 2.29. The number of hydrogen-bond donors (Lipinski definition) is 1. The number of nitrogens with zero attached hydrogens (tertiary/aromatic N) is 1. The first-order valence-corrected chi connectivity index (χ1v) is 6.49. The number of aromatic nitrogens is 1. The van der Waals surface area contributed by atoms with Gasteiger partial charge in [-0.05, 0) is 28.1 Å². The SMILES string of the molecule is CC(C)NCc1ncoc1-c1cccc(Br)c1F. The van der Waals surface area contributed by atoms with E-state index in [0.717, 1.165) is 0 Å². The molecule has 1 N–H and O–H groups in total. The van der Waals surface area contributed by atoms with Gasteiger partial charge in [0.15, 0.2) is 12.2 Å². The van der Waals surface area contributed by atoms with Crippen LogP contribution < -0.4 is 5.32 Å². The number of hydrogen-bond acceptors (Lipinski definition) is 3. The van der Waals surface area contributed by atoms with E-state index >= 15 is 0 Å². The lowest BCUT2D eigenvalue weighted by Gasteiger charge is -2.07. The number of nitrogens with one attached hydrogen (secondary N) is 1. The molecular weight excluding hydrogens is 299 g/mol. The average molecular weight is 313 g/mol. The maximum absolute atomic E-state index is 14.0. The minimum atomic E-state index is -0.333. The molecule has 0 amide bonds. The van der Waals surface area contributed by atoms with Crippen LogP contribution in [0.25, 0.3) is 11.3 Å². The summed E-state index contributed by atoms with van der Waals surface area (Å²) < 4.78 is 19.7. The molecule has 0 spiro atoms. The van der Waals surface area contributed by atoms with E-state index in [1.165, 1.54) is 6.39 Å². The summed E-state index contributed by atoms with van der Waals surface area (Å²) >= 11 is 3.17. The maximum atomic E-state index is 14.0. The minimum Gasteiger partial charge on any atom is -0.443 e. The molecule has 2 rings (SSSR count). The molecule has 0 saturated heterocycles. The van der Waals surface area contributed by atoms with E-state index in [-0.39, 0.29) is 5.82 Å². The Morgan fingerprint density at radius 1 is 1.44 bits per heavy atom. The van der Waals surface area contributed by atoms with Crippen molar-refractivity contribution in [1.82, 2.24) is 10.3 Å². The normalized spacial score (nSPS) is 11.2. The summed E-state index contributed by atoms with van der Waals surface area (Å²) in [6.45, 7) is 4.63. The van der Waals surface area contributed by atoms with E-state index < -0.39 is 0 Å². The predicted molar refractivity (Wildman–Crippen MR) is 71.6 cm³/mol. The predicted octanol–water partition coefficient (Wildman–Crippen LogP) is 3.74. The van der Waals surface area contributed by atoms with Gasteiger partial charge in [-0.25, -0.2) is 9.37 Å². The minimum absolute atomic E-state index is 0.333. The molecule has 0 fully saturated rings. The zero-order valence-electron chi connectivity index (χ0n) is 10.2. The lowest BCUT2D eigenvalue weighted by Crippen LogP contribution is -2.22. The third-order valence-corrected chi connectivity index (χ3v) is 3.13. The first-order valence-electron chi connectivity index (χ1n) is 5.69. The second kappa shape index (κ2) is 5.63. The second-order valence-corrected chi connectivity index (χ2v) is 5.12. The Hall–Kier alpha value is -1.20. The fraction of sp³-hybridized carbons (Fsp3) is 0.308. The lowest BCUT2D eigenvalue weighted by molar-refractivity contribution is 0.553. The van der Waals surface area contributed by atoms with Gasteiger partial charge in [0.05, 0.1) is 10.0 Å². The van der Waals surface area contributed by atoms with Crippen LogP contribution in [0.2, 0.25) is 0 Å². The summed E-state index contributed by atoms with van der Waals surface area (Å²) in [6, 6.07) is 5.44. The molecule has 0 bridgehead atoms. The van der Waals surface area contributed by atoms with Crippen LogP contribution in [0.1, 0.15) is 19.5 Å². The largest absolute Gasteiger partial charge is 0.443 e. The van der Waals surface area contributed by atoms with Gasteiger partial charge in [0, 0.05) is 12.6 Å². The third kappa shape index (κ3) is 2.79. The van der Waals surface area contributed by atoms with E-state index in [1.54, 1.807) is 18.2 Å². The van der Waals surface area contributed by atoms with Crippen molar-refractivity contribution in [3.8, 4) is 11.3 Å². The van der Waals surface area contributed by atoms with E-state index in [9.17, 15) is 4.39 Å². The van der Waals surface area contributed by atoms with Crippen molar-refractivity contribution >= 4 is 15.9 Å². The molecule has 0 aliphatic rings. The van der Waals surface area contributed by atoms with Gasteiger partial charge >= 0.3 is 0 Å². The Labute approximate surface area is 114 Å².